The van der Waals surface area contributed by atoms with Crippen LogP contribution in [0.4, 0.5) is 8.78 Å². The number of nitrogens with two attached hydrogens (primary N) is 1. The molecule has 0 saturated carbocycles. The fourth-order valence-electron chi connectivity index (χ4n) is 1.13. The highest BCUT2D eigenvalue weighted by atomic mass is 32.2. The van der Waals surface area contributed by atoms with Crippen LogP contribution in [0.3, 0.4) is 0 Å². The van der Waals surface area contributed by atoms with E-state index in [0.717, 1.165) is 17.6 Å². The SMILES string of the molecule is NCCSCCc1cc(F)cc(F)c1. The molecule has 0 spiro atoms. The molecular formula is C10H13F2NS. The summed E-state index contributed by atoms with van der Waals surface area (Å²) in [6.07, 6.45) is 0.680. The number of aryl methyl sites for hydroxylation is 1. The number of thioether (sulfide) groups is 1. The van der Waals surface area contributed by atoms with Gasteiger partial charge in [-0.15, -0.1) is 0 Å². The topological polar surface area (TPSA) is 26.0 Å². The first-order chi connectivity index (χ1) is 6.72. The molecule has 2 N–H and O–H groups in total. The predicted molar refractivity (Wildman–Crippen MR) is 56.4 cm³/mol. The average Bonchev–Trinajstić information content (AvgIpc) is 2.11. The first-order valence-electron chi connectivity index (χ1n) is 4.45. The van der Waals surface area contributed by atoms with Gasteiger partial charge in [0.15, 0.2) is 0 Å². The Kier molecular flexibility index (Phi) is 4.90. The highest BCUT2D eigenvalue weighted by Gasteiger charge is 2.00. The molecule has 4 heteroatoms. The number of halogens is 2. The van der Waals surface area contributed by atoms with E-state index in [1.54, 1.807) is 11.8 Å². The van der Waals surface area contributed by atoms with Crippen LogP contribution in [-0.2, 0) is 6.42 Å². The summed E-state index contributed by atoms with van der Waals surface area (Å²) in [6, 6.07) is 3.62. The lowest BCUT2D eigenvalue weighted by Crippen LogP contribution is -2.02. The molecule has 0 aliphatic carbocycles. The van der Waals surface area contributed by atoms with Gasteiger partial charge in [-0.2, -0.15) is 11.8 Å². The van der Waals surface area contributed by atoms with E-state index >= 15 is 0 Å². The molecule has 0 aromatic heterocycles. The van der Waals surface area contributed by atoms with Gasteiger partial charge in [0.1, 0.15) is 11.6 Å². The number of hydrogen-bond donors (Lipinski definition) is 1. The van der Waals surface area contributed by atoms with Crippen molar-refractivity contribution in [3.63, 3.8) is 0 Å². The lowest BCUT2D eigenvalue weighted by molar-refractivity contribution is 0.580. The van der Waals surface area contributed by atoms with Crippen LogP contribution in [0.1, 0.15) is 5.56 Å². The molecule has 0 saturated heterocycles. The van der Waals surface area contributed by atoms with Crippen molar-refractivity contribution in [1.82, 2.24) is 0 Å². The van der Waals surface area contributed by atoms with Gasteiger partial charge in [0, 0.05) is 18.4 Å². The average molecular weight is 217 g/mol. The Balaban J connectivity index is 2.42. The van der Waals surface area contributed by atoms with Gasteiger partial charge in [-0.3, -0.25) is 0 Å². The van der Waals surface area contributed by atoms with Crippen LogP contribution < -0.4 is 5.73 Å². The van der Waals surface area contributed by atoms with Gasteiger partial charge in [0.2, 0.25) is 0 Å². The van der Waals surface area contributed by atoms with Gasteiger partial charge in [0.05, 0.1) is 0 Å². The number of hydrogen-bond acceptors (Lipinski definition) is 2. The lowest BCUT2D eigenvalue weighted by Gasteiger charge is -2.01. The Bertz CT molecular complexity index is 271. The Hall–Kier alpha value is -0.610. The molecule has 0 bridgehead atoms. The predicted octanol–water partition coefficient (Wildman–Crippen LogP) is 2.20. The first kappa shape index (κ1) is 11.5. The summed E-state index contributed by atoms with van der Waals surface area (Å²) in [5, 5.41) is 0. The molecule has 0 amide bonds. The van der Waals surface area contributed by atoms with Crippen molar-refractivity contribution in [2.75, 3.05) is 18.1 Å². The maximum absolute atomic E-state index is 12.7. The molecule has 0 fully saturated rings. The summed E-state index contributed by atoms with van der Waals surface area (Å²) in [5.41, 5.74) is 6.02. The molecule has 0 radical (unpaired) electrons. The minimum atomic E-state index is -0.510. The third-order valence-electron chi connectivity index (χ3n) is 1.72. The number of rotatable bonds is 5. The van der Waals surface area contributed by atoms with E-state index in [2.05, 4.69) is 0 Å². The van der Waals surface area contributed by atoms with E-state index in [1.165, 1.54) is 12.1 Å². The maximum atomic E-state index is 12.7. The second kappa shape index (κ2) is 5.98. The van der Waals surface area contributed by atoms with Crippen molar-refractivity contribution < 1.29 is 8.78 Å². The normalized spacial score (nSPS) is 10.5. The standard InChI is InChI=1S/C10H13F2NS/c11-9-5-8(6-10(12)7-9)1-3-14-4-2-13/h5-7H,1-4,13H2. The van der Waals surface area contributed by atoms with E-state index in [9.17, 15) is 8.78 Å². The minimum absolute atomic E-state index is 0.510. The van der Waals surface area contributed by atoms with Crippen LogP contribution in [0, 0.1) is 11.6 Å². The molecule has 0 atom stereocenters. The Morgan fingerprint density at radius 2 is 1.71 bits per heavy atom. The van der Waals surface area contributed by atoms with Crippen LogP contribution >= 0.6 is 11.8 Å². The van der Waals surface area contributed by atoms with Gasteiger partial charge >= 0.3 is 0 Å². The molecule has 14 heavy (non-hydrogen) atoms. The van der Waals surface area contributed by atoms with E-state index in [1.807, 2.05) is 0 Å². The van der Waals surface area contributed by atoms with Crippen LogP contribution in [0.2, 0.25) is 0 Å². The zero-order valence-electron chi connectivity index (χ0n) is 7.80. The van der Waals surface area contributed by atoms with Gasteiger partial charge in [-0.05, 0) is 29.9 Å². The zero-order valence-corrected chi connectivity index (χ0v) is 8.62. The van der Waals surface area contributed by atoms with Crippen molar-refractivity contribution >= 4 is 11.8 Å². The fourth-order valence-corrected chi connectivity index (χ4v) is 1.88. The summed E-state index contributed by atoms with van der Waals surface area (Å²) < 4.78 is 25.5. The van der Waals surface area contributed by atoms with Crippen LogP contribution in [0.25, 0.3) is 0 Å². The highest BCUT2D eigenvalue weighted by Crippen LogP contribution is 2.11. The summed E-state index contributed by atoms with van der Waals surface area (Å²) in [4.78, 5) is 0. The molecule has 1 aromatic carbocycles. The Morgan fingerprint density at radius 1 is 1.07 bits per heavy atom. The zero-order chi connectivity index (χ0) is 10.4. The maximum Gasteiger partial charge on any atom is 0.126 e. The molecule has 0 aliphatic rings. The van der Waals surface area contributed by atoms with Crippen molar-refractivity contribution in [1.29, 1.82) is 0 Å². The van der Waals surface area contributed by atoms with E-state index < -0.39 is 11.6 Å². The van der Waals surface area contributed by atoms with Gasteiger partial charge < -0.3 is 5.73 Å². The molecule has 1 nitrogen and oxygen atoms in total. The molecule has 0 heterocycles. The molecule has 1 aromatic rings. The van der Waals surface area contributed by atoms with Gasteiger partial charge in [-0.25, -0.2) is 8.78 Å². The van der Waals surface area contributed by atoms with E-state index in [4.69, 9.17) is 5.73 Å². The van der Waals surface area contributed by atoms with Gasteiger partial charge in [0.25, 0.3) is 0 Å². The summed E-state index contributed by atoms with van der Waals surface area (Å²) in [7, 11) is 0. The monoisotopic (exact) mass is 217 g/mol. The van der Waals surface area contributed by atoms with Crippen molar-refractivity contribution in [3.8, 4) is 0 Å². The Morgan fingerprint density at radius 3 is 2.29 bits per heavy atom. The van der Waals surface area contributed by atoms with Crippen LogP contribution in [-0.4, -0.2) is 18.1 Å². The van der Waals surface area contributed by atoms with Gasteiger partial charge in [-0.1, -0.05) is 0 Å². The fraction of sp³-hybridized carbons (Fsp3) is 0.400. The lowest BCUT2D eigenvalue weighted by atomic mass is 10.2. The molecule has 0 aliphatic heterocycles. The van der Waals surface area contributed by atoms with Crippen LogP contribution in [0.5, 0.6) is 0 Å². The number of benzene rings is 1. The highest BCUT2D eigenvalue weighted by molar-refractivity contribution is 7.99. The quantitative estimate of drug-likeness (QED) is 0.765. The largest absolute Gasteiger partial charge is 0.330 e. The van der Waals surface area contributed by atoms with E-state index in [0.29, 0.717) is 18.5 Å². The third-order valence-corrected chi connectivity index (χ3v) is 2.74. The van der Waals surface area contributed by atoms with Crippen molar-refractivity contribution in [2.45, 2.75) is 6.42 Å². The molecule has 1 rings (SSSR count). The summed E-state index contributed by atoms with van der Waals surface area (Å²) >= 11 is 1.69. The summed E-state index contributed by atoms with van der Waals surface area (Å²) in [5.74, 6) is 0.713. The second-order valence-corrected chi connectivity index (χ2v) is 4.15. The van der Waals surface area contributed by atoms with Crippen LogP contribution in [0.15, 0.2) is 18.2 Å². The minimum Gasteiger partial charge on any atom is -0.330 e. The third kappa shape index (κ3) is 4.07. The van der Waals surface area contributed by atoms with Crippen molar-refractivity contribution in [3.05, 3.63) is 35.4 Å². The Labute approximate surface area is 86.7 Å². The first-order valence-corrected chi connectivity index (χ1v) is 5.60. The second-order valence-electron chi connectivity index (χ2n) is 2.93. The summed E-state index contributed by atoms with van der Waals surface area (Å²) in [6.45, 7) is 0.641. The van der Waals surface area contributed by atoms with E-state index in [-0.39, 0.29) is 0 Å². The smallest absolute Gasteiger partial charge is 0.126 e. The van der Waals surface area contributed by atoms with Crippen molar-refractivity contribution in [2.24, 2.45) is 5.73 Å². The molecular weight excluding hydrogens is 204 g/mol. The molecule has 0 unspecified atom stereocenters. The molecule has 78 valence electrons.